The number of hydrogen-bond donors (Lipinski definition) is 1. The zero-order valence-corrected chi connectivity index (χ0v) is 11.4. The van der Waals surface area contributed by atoms with Crippen LogP contribution in [-0.4, -0.2) is 44.7 Å². The van der Waals surface area contributed by atoms with Crippen LogP contribution in [0.25, 0.3) is 0 Å². The Balaban J connectivity index is 2.41. The molecule has 1 aliphatic heterocycles. The van der Waals surface area contributed by atoms with Gasteiger partial charge in [0.25, 0.3) is 0 Å². The lowest BCUT2D eigenvalue weighted by molar-refractivity contribution is 0.414. The van der Waals surface area contributed by atoms with Crippen LogP contribution in [0.1, 0.15) is 33.1 Å². The first-order valence-corrected chi connectivity index (χ1v) is 7.70. The lowest BCUT2D eigenvalue weighted by Crippen LogP contribution is -2.39. The molecular formula is C11H24N2O2S. The van der Waals surface area contributed by atoms with Crippen molar-refractivity contribution < 1.29 is 8.42 Å². The summed E-state index contributed by atoms with van der Waals surface area (Å²) in [5.74, 6) is 0.709. The second-order valence-corrected chi connectivity index (χ2v) is 7.27. The van der Waals surface area contributed by atoms with E-state index in [-0.39, 0.29) is 5.75 Å². The fourth-order valence-corrected chi connectivity index (χ4v) is 3.36. The molecule has 1 fully saturated rings. The van der Waals surface area contributed by atoms with Crippen molar-refractivity contribution >= 4 is 10.0 Å². The Kier molecular flexibility index (Phi) is 5.21. The Morgan fingerprint density at radius 1 is 1.44 bits per heavy atom. The maximum Gasteiger partial charge on any atom is 0.213 e. The summed E-state index contributed by atoms with van der Waals surface area (Å²) in [5, 5.41) is 3.32. The van der Waals surface area contributed by atoms with Gasteiger partial charge in [-0.25, -0.2) is 12.7 Å². The summed E-state index contributed by atoms with van der Waals surface area (Å²) in [6.45, 7) is 5.73. The van der Waals surface area contributed by atoms with E-state index in [0.717, 1.165) is 25.8 Å². The highest BCUT2D eigenvalue weighted by molar-refractivity contribution is 7.89. The summed E-state index contributed by atoms with van der Waals surface area (Å²) in [5.41, 5.74) is 0. The normalized spacial score (nSPS) is 22.2. The van der Waals surface area contributed by atoms with Crippen LogP contribution in [0.3, 0.4) is 0 Å². The number of nitrogens with one attached hydrogen (secondary N) is 1. The third-order valence-corrected chi connectivity index (χ3v) is 4.92. The highest BCUT2D eigenvalue weighted by atomic mass is 32.2. The molecule has 1 unspecified atom stereocenters. The molecule has 0 saturated carbocycles. The molecule has 5 heteroatoms. The predicted octanol–water partition coefficient (Wildman–Crippen LogP) is 1.05. The lowest BCUT2D eigenvalue weighted by atomic mass is 10.2. The first kappa shape index (κ1) is 13.9. The first-order valence-electron chi connectivity index (χ1n) is 6.09. The Bertz CT molecular complexity index is 295. The van der Waals surface area contributed by atoms with Crippen molar-refractivity contribution in [3.05, 3.63) is 0 Å². The lowest BCUT2D eigenvalue weighted by Gasteiger charge is -2.21. The van der Waals surface area contributed by atoms with Gasteiger partial charge in [-0.3, -0.25) is 0 Å². The van der Waals surface area contributed by atoms with Crippen LogP contribution in [0.15, 0.2) is 0 Å². The Labute approximate surface area is 99.5 Å². The molecule has 0 radical (unpaired) electrons. The summed E-state index contributed by atoms with van der Waals surface area (Å²) in [6.07, 6.45) is 2.99. The van der Waals surface area contributed by atoms with Crippen molar-refractivity contribution in [2.24, 2.45) is 5.92 Å². The maximum absolute atomic E-state index is 11.9. The molecule has 1 N–H and O–H groups in total. The third-order valence-electron chi connectivity index (χ3n) is 3.07. The minimum absolute atomic E-state index is 0.272. The van der Waals surface area contributed by atoms with E-state index in [1.54, 1.807) is 7.05 Å². The maximum atomic E-state index is 11.9. The van der Waals surface area contributed by atoms with Gasteiger partial charge in [0.15, 0.2) is 0 Å². The van der Waals surface area contributed by atoms with Crippen LogP contribution in [0.5, 0.6) is 0 Å². The van der Waals surface area contributed by atoms with E-state index in [9.17, 15) is 8.42 Å². The molecule has 1 heterocycles. The zero-order chi connectivity index (χ0) is 12.2. The number of sulfonamides is 1. The molecule has 0 bridgehead atoms. The molecule has 1 saturated heterocycles. The number of likely N-dealkylation sites (N-methyl/N-ethyl adjacent to an activating group) is 1. The van der Waals surface area contributed by atoms with Crippen molar-refractivity contribution in [3.63, 3.8) is 0 Å². The van der Waals surface area contributed by atoms with Gasteiger partial charge in [0.1, 0.15) is 0 Å². The Morgan fingerprint density at radius 2 is 2.12 bits per heavy atom. The van der Waals surface area contributed by atoms with Crippen molar-refractivity contribution in [1.82, 2.24) is 9.62 Å². The molecule has 16 heavy (non-hydrogen) atoms. The SMILES string of the molecule is CC(C)CCS(=O)(=O)N(C)CC1CCCN1. The van der Waals surface area contributed by atoms with Gasteiger partial charge >= 0.3 is 0 Å². The van der Waals surface area contributed by atoms with Crippen LogP contribution < -0.4 is 5.32 Å². The first-order chi connectivity index (χ1) is 7.42. The second-order valence-electron chi connectivity index (χ2n) is 5.07. The summed E-state index contributed by atoms with van der Waals surface area (Å²) in [4.78, 5) is 0. The zero-order valence-electron chi connectivity index (χ0n) is 10.6. The van der Waals surface area contributed by atoms with E-state index in [1.807, 2.05) is 13.8 Å². The van der Waals surface area contributed by atoms with E-state index < -0.39 is 10.0 Å². The number of rotatable bonds is 6. The molecule has 1 aliphatic rings. The van der Waals surface area contributed by atoms with E-state index in [1.165, 1.54) is 4.31 Å². The monoisotopic (exact) mass is 248 g/mol. The molecule has 96 valence electrons. The Hall–Kier alpha value is -0.130. The summed E-state index contributed by atoms with van der Waals surface area (Å²) < 4.78 is 25.4. The number of nitrogens with zero attached hydrogens (tertiary/aromatic N) is 1. The van der Waals surface area contributed by atoms with Crippen LogP contribution in [0, 0.1) is 5.92 Å². The molecular weight excluding hydrogens is 224 g/mol. The van der Waals surface area contributed by atoms with Gasteiger partial charge < -0.3 is 5.32 Å². The molecule has 0 amide bonds. The molecule has 0 aromatic rings. The van der Waals surface area contributed by atoms with Gasteiger partial charge in [0, 0.05) is 19.6 Å². The van der Waals surface area contributed by atoms with Gasteiger partial charge in [0.05, 0.1) is 5.75 Å². The molecule has 1 atom stereocenters. The minimum Gasteiger partial charge on any atom is -0.313 e. The van der Waals surface area contributed by atoms with Crippen LogP contribution in [-0.2, 0) is 10.0 Å². The van der Waals surface area contributed by atoms with Crippen molar-refractivity contribution in [2.45, 2.75) is 39.2 Å². The molecule has 1 rings (SSSR count). The van der Waals surface area contributed by atoms with Gasteiger partial charge in [0.2, 0.25) is 10.0 Å². The molecule has 0 aromatic heterocycles. The van der Waals surface area contributed by atoms with E-state index in [0.29, 0.717) is 18.5 Å². The fraction of sp³-hybridized carbons (Fsp3) is 1.00. The van der Waals surface area contributed by atoms with Crippen molar-refractivity contribution in [2.75, 3.05) is 25.9 Å². The minimum atomic E-state index is -3.05. The van der Waals surface area contributed by atoms with Crippen molar-refractivity contribution in [3.8, 4) is 0 Å². The number of hydrogen-bond acceptors (Lipinski definition) is 3. The summed E-state index contributed by atoms with van der Waals surface area (Å²) in [7, 11) is -1.36. The topological polar surface area (TPSA) is 49.4 Å². The van der Waals surface area contributed by atoms with Gasteiger partial charge in [-0.15, -0.1) is 0 Å². The van der Waals surface area contributed by atoms with Crippen molar-refractivity contribution in [1.29, 1.82) is 0 Å². The predicted molar refractivity (Wildman–Crippen MR) is 66.9 cm³/mol. The largest absolute Gasteiger partial charge is 0.313 e. The van der Waals surface area contributed by atoms with Gasteiger partial charge in [-0.2, -0.15) is 0 Å². The molecule has 4 nitrogen and oxygen atoms in total. The average Bonchev–Trinajstić information content (AvgIpc) is 2.67. The van der Waals surface area contributed by atoms with E-state index in [2.05, 4.69) is 5.32 Å². The van der Waals surface area contributed by atoms with E-state index in [4.69, 9.17) is 0 Å². The second kappa shape index (κ2) is 5.98. The smallest absolute Gasteiger partial charge is 0.213 e. The molecule has 0 spiro atoms. The molecule has 0 aliphatic carbocycles. The van der Waals surface area contributed by atoms with Crippen LogP contribution in [0.4, 0.5) is 0 Å². The average molecular weight is 248 g/mol. The summed E-state index contributed by atoms with van der Waals surface area (Å²) >= 11 is 0. The van der Waals surface area contributed by atoms with Crippen LogP contribution >= 0.6 is 0 Å². The molecule has 0 aromatic carbocycles. The van der Waals surface area contributed by atoms with Crippen LogP contribution in [0.2, 0.25) is 0 Å². The van der Waals surface area contributed by atoms with Gasteiger partial charge in [-0.1, -0.05) is 13.8 Å². The van der Waals surface area contributed by atoms with Gasteiger partial charge in [-0.05, 0) is 31.7 Å². The third kappa shape index (κ3) is 4.39. The highest BCUT2D eigenvalue weighted by Gasteiger charge is 2.23. The quantitative estimate of drug-likeness (QED) is 0.764. The summed E-state index contributed by atoms with van der Waals surface area (Å²) in [6, 6.07) is 0.346. The highest BCUT2D eigenvalue weighted by Crippen LogP contribution is 2.11. The van der Waals surface area contributed by atoms with E-state index >= 15 is 0 Å². The standard InChI is InChI=1S/C11H24N2O2S/c1-10(2)6-8-16(14,15)13(3)9-11-5-4-7-12-11/h10-12H,4-9H2,1-3H3. The Morgan fingerprint density at radius 3 is 2.62 bits per heavy atom. The fourth-order valence-electron chi connectivity index (χ4n) is 1.88.